The number of fused-ring (bicyclic) bond motifs is 5. The van der Waals surface area contributed by atoms with Crippen molar-refractivity contribution < 1.29 is 37.6 Å². The van der Waals surface area contributed by atoms with Gasteiger partial charge in [-0.25, -0.2) is 9.37 Å². The highest BCUT2D eigenvalue weighted by atomic mass is 19.1. The molecule has 5 atom stereocenters. The van der Waals surface area contributed by atoms with Crippen LogP contribution in [0.2, 0.25) is 0 Å². The fourth-order valence-electron chi connectivity index (χ4n) is 7.59. The molecule has 2 aromatic carbocycles. The average Bonchev–Trinajstić information content (AvgIpc) is 3.39. The van der Waals surface area contributed by atoms with E-state index in [2.05, 4.69) is 21.5 Å². The van der Waals surface area contributed by atoms with Gasteiger partial charge in [-0.05, 0) is 69.0 Å². The lowest BCUT2D eigenvalue weighted by Crippen LogP contribution is -2.52. The van der Waals surface area contributed by atoms with Crippen LogP contribution in [0.15, 0.2) is 65.2 Å². The number of allylic oxidation sites excluding steroid dienone is 2. The Morgan fingerprint density at radius 2 is 1.90 bits per heavy atom. The van der Waals surface area contributed by atoms with Gasteiger partial charge in [-0.15, -0.1) is 0 Å². The summed E-state index contributed by atoms with van der Waals surface area (Å²) in [6, 6.07) is 11.6. The number of esters is 1. The average molecular weight is 697 g/mol. The van der Waals surface area contributed by atoms with Crippen LogP contribution in [0.25, 0.3) is 21.7 Å². The number of carbonyl (C=O) groups is 4. The number of ether oxygens (including phenoxy) is 2. The summed E-state index contributed by atoms with van der Waals surface area (Å²) in [5.41, 5.74) is -0.520. The van der Waals surface area contributed by atoms with Gasteiger partial charge in [0.2, 0.25) is 11.8 Å². The Hall–Kier alpha value is -5.13. The quantitative estimate of drug-likeness (QED) is 0.146. The van der Waals surface area contributed by atoms with Crippen LogP contribution < -0.4 is 10.1 Å². The monoisotopic (exact) mass is 696 g/mol. The number of aromatic nitrogens is 2. The minimum atomic E-state index is -0.990. The summed E-state index contributed by atoms with van der Waals surface area (Å²) < 4.78 is 31.4. The number of amides is 2. The second-order valence-corrected chi connectivity index (χ2v) is 13.9. The van der Waals surface area contributed by atoms with Crippen LogP contribution in [0.4, 0.5) is 4.39 Å². The molecule has 11 nitrogen and oxygen atoms in total. The molecule has 1 aliphatic carbocycles. The Labute approximate surface area is 294 Å². The fraction of sp³-hybridized carbons (Fsp3) is 0.436. The predicted molar refractivity (Wildman–Crippen MR) is 185 cm³/mol. The number of aryl methyl sites for hydroxylation is 1. The third-order valence-corrected chi connectivity index (χ3v) is 10.3. The van der Waals surface area contributed by atoms with Crippen LogP contribution in [0.5, 0.6) is 5.88 Å². The lowest BCUT2D eigenvalue weighted by atomic mass is 9.91. The van der Waals surface area contributed by atoms with E-state index in [0.29, 0.717) is 35.9 Å². The minimum absolute atomic E-state index is 0.0393. The van der Waals surface area contributed by atoms with Crippen LogP contribution in [-0.2, 0) is 19.1 Å². The van der Waals surface area contributed by atoms with Gasteiger partial charge in [0.05, 0.1) is 30.1 Å². The van der Waals surface area contributed by atoms with E-state index in [1.54, 1.807) is 19.9 Å². The van der Waals surface area contributed by atoms with Gasteiger partial charge in [-0.2, -0.15) is 0 Å². The first kappa shape index (κ1) is 34.3. The van der Waals surface area contributed by atoms with E-state index in [4.69, 9.17) is 14.0 Å². The smallest absolute Gasteiger partial charge is 0.313 e. The molecule has 12 heteroatoms. The highest BCUT2D eigenvalue weighted by molar-refractivity contribution is 6.07. The van der Waals surface area contributed by atoms with Crippen molar-refractivity contribution in [3.63, 3.8) is 0 Å². The molecule has 0 unspecified atom stereocenters. The van der Waals surface area contributed by atoms with Crippen molar-refractivity contribution in [2.75, 3.05) is 13.2 Å². The van der Waals surface area contributed by atoms with Gasteiger partial charge in [-0.3, -0.25) is 19.2 Å². The van der Waals surface area contributed by atoms with E-state index in [-0.39, 0.29) is 49.3 Å². The SMILES string of the molecule is CCOC(=O)[C@]12CC(=O)[C@@H]3C[C@@H](Oc4nc5cc(F)ccc5c5ccccc45)CN3C(=O)[C@@H](NC(=O)c3cc(C)on3)CCCCC/C=C\[C@@H]1C2. The van der Waals surface area contributed by atoms with Gasteiger partial charge < -0.3 is 24.2 Å². The Kier molecular flexibility index (Phi) is 9.58. The highest BCUT2D eigenvalue weighted by Gasteiger charge is 2.61. The number of benzene rings is 2. The zero-order chi connectivity index (χ0) is 35.7. The zero-order valence-corrected chi connectivity index (χ0v) is 28.7. The standard InChI is InChI=1S/C39H41FN4O7/c1-3-49-38(48)39-20-24(39)11-7-5-4-6-8-14-30(41-35(46)32-17-23(2)51-43-32)37(47)44-22-26(19-33(44)34(45)21-39)50-36-29-13-10-9-12-27(29)28-16-15-25(40)18-31(28)42-36/h7,9-13,15-18,24,26,30,33H,3-6,8,14,19-22H2,1-2H3,(H,41,46)/b11-7-/t24-,26-,30+,33+,39-/m1/s1. The molecule has 1 saturated carbocycles. The molecule has 0 radical (unpaired) electrons. The fourth-order valence-corrected chi connectivity index (χ4v) is 7.59. The molecule has 0 bridgehead atoms. The molecule has 2 fully saturated rings. The Balaban J connectivity index is 1.23. The number of pyridine rings is 1. The molecule has 3 aliphatic rings. The van der Waals surface area contributed by atoms with Crippen molar-refractivity contribution in [2.24, 2.45) is 11.3 Å². The second-order valence-electron chi connectivity index (χ2n) is 13.9. The maximum atomic E-state index is 14.5. The zero-order valence-electron chi connectivity index (χ0n) is 28.7. The topological polar surface area (TPSA) is 141 Å². The largest absolute Gasteiger partial charge is 0.472 e. The molecule has 2 amide bonds. The molecule has 1 saturated heterocycles. The Morgan fingerprint density at radius 3 is 2.69 bits per heavy atom. The maximum absolute atomic E-state index is 14.5. The van der Waals surface area contributed by atoms with Gasteiger partial charge in [0, 0.05) is 35.7 Å². The van der Waals surface area contributed by atoms with E-state index < -0.39 is 47.2 Å². The predicted octanol–water partition coefficient (Wildman–Crippen LogP) is 6.02. The number of ketones is 1. The summed E-state index contributed by atoms with van der Waals surface area (Å²) >= 11 is 0. The summed E-state index contributed by atoms with van der Waals surface area (Å²) in [6.45, 7) is 3.64. The minimum Gasteiger partial charge on any atom is -0.472 e. The summed E-state index contributed by atoms with van der Waals surface area (Å²) in [4.78, 5) is 61.6. The summed E-state index contributed by atoms with van der Waals surface area (Å²) in [5.74, 6) is -1.50. The van der Waals surface area contributed by atoms with Crippen LogP contribution in [0.3, 0.4) is 0 Å². The first-order valence-corrected chi connectivity index (χ1v) is 17.7. The number of carbonyl (C=O) groups excluding carboxylic acids is 4. The summed E-state index contributed by atoms with van der Waals surface area (Å²) in [5, 5.41) is 8.97. The van der Waals surface area contributed by atoms with Gasteiger partial charge in [0.15, 0.2) is 11.5 Å². The molecule has 4 aromatic rings. The molecule has 2 aliphatic heterocycles. The number of nitrogens with one attached hydrogen (secondary N) is 1. The van der Waals surface area contributed by atoms with Gasteiger partial charge in [-0.1, -0.05) is 48.3 Å². The third-order valence-electron chi connectivity index (χ3n) is 10.3. The first-order valence-electron chi connectivity index (χ1n) is 17.7. The number of nitrogens with zero attached hydrogens (tertiary/aromatic N) is 3. The van der Waals surface area contributed by atoms with Crippen molar-refractivity contribution in [3.8, 4) is 5.88 Å². The van der Waals surface area contributed by atoms with Crippen molar-refractivity contribution in [1.82, 2.24) is 20.4 Å². The lowest BCUT2D eigenvalue weighted by molar-refractivity contribution is -0.152. The second kappa shape index (κ2) is 14.2. The number of hydrogen-bond acceptors (Lipinski definition) is 9. The van der Waals surface area contributed by atoms with Crippen molar-refractivity contribution in [3.05, 3.63) is 78.0 Å². The van der Waals surface area contributed by atoms with Gasteiger partial charge >= 0.3 is 5.97 Å². The van der Waals surface area contributed by atoms with Crippen molar-refractivity contribution in [1.29, 1.82) is 0 Å². The Bertz CT molecular complexity index is 2030. The van der Waals surface area contributed by atoms with E-state index in [1.807, 2.05) is 30.3 Å². The molecular formula is C39H41FN4O7. The number of hydrogen-bond donors (Lipinski definition) is 1. The highest BCUT2D eigenvalue weighted by Crippen LogP contribution is 2.57. The lowest BCUT2D eigenvalue weighted by Gasteiger charge is -2.29. The molecule has 0 spiro atoms. The van der Waals surface area contributed by atoms with Gasteiger partial charge in [0.1, 0.15) is 23.7 Å². The molecule has 266 valence electrons. The van der Waals surface area contributed by atoms with Gasteiger partial charge in [0.25, 0.3) is 5.91 Å². The number of Topliss-reactive ketones (excluding diaryl/α,β-unsaturated/α-hetero) is 1. The summed E-state index contributed by atoms with van der Waals surface area (Å²) in [7, 11) is 0. The maximum Gasteiger partial charge on any atom is 0.313 e. The van der Waals surface area contributed by atoms with Crippen LogP contribution >= 0.6 is 0 Å². The van der Waals surface area contributed by atoms with Crippen LogP contribution in [-0.4, -0.2) is 69.9 Å². The van der Waals surface area contributed by atoms with E-state index in [9.17, 15) is 23.6 Å². The van der Waals surface area contributed by atoms with E-state index in [1.165, 1.54) is 23.1 Å². The van der Waals surface area contributed by atoms with Crippen LogP contribution in [0.1, 0.15) is 74.5 Å². The van der Waals surface area contributed by atoms with Crippen LogP contribution in [0, 0.1) is 24.1 Å². The first-order chi connectivity index (χ1) is 24.7. The Morgan fingerprint density at radius 1 is 1.08 bits per heavy atom. The molecule has 7 rings (SSSR count). The van der Waals surface area contributed by atoms with Crippen molar-refractivity contribution >= 4 is 45.2 Å². The third kappa shape index (κ3) is 6.96. The molecule has 51 heavy (non-hydrogen) atoms. The van der Waals surface area contributed by atoms with Crippen molar-refractivity contribution in [2.45, 2.75) is 83.4 Å². The summed E-state index contributed by atoms with van der Waals surface area (Å²) in [6.07, 6.45) is 7.46. The number of rotatable bonds is 6. The molecular weight excluding hydrogens is 655 g/mol. The van der Waals surface area contributed by atoms with E-state index >= 15 is 0 Å². The molecule has 4 heterocycles. The van der Waals surface area contributed by atoms with E-state index in [0.717, 1.165) is 30.0 Å². The normalized spacial score (nSPS) is 26.1. The molecule has 1 N–H and O–H groups in total. The number of halogens is 1. The molecule has 2 aromatic heterocycles.